The fourth-order valence-corrected chi connectivity index (χ4v) is 5.60. The number of nitrogens with zero attached hydrogens (tertiary/aromatic N) is 1. The second-order valence-corrected chi connectivity index (χ2v) is 9.68. The summed E-state index contributed by atoms with van der Waals surface area (Å²) >= 11 is 2.03. The molecule has 2 rings (SSSR count). The van der Waals surface area contributed by atoms with Crippen LogP contribution in [-0.2, 0) is 10.0 Å². The third kappa shape index (κ3) is 5.20. The molecule has 118 valence electrons. The van der Waals surface area contributed by atoms with Gasteiger partial charge in [0, 0.05) is 30.1 Å². The molecule has 0 amide bonds. The van der Waals surface area contributed by atoms with Gasteiger partial charge >= 0.3 is 0 Å². The monoisotopic (exact) mass is 320 g/mol. The highest BCUT2D eigenvalue weighted by Gasteiger charge is 2.27. The molecule has 2 aliphatic rings. The van der Waals surface area contributed by atoms with Gasteiger partial charge in [0.2, 0.25) is 10.0 Å². The summed E-state index contributed by atoms with van der Waals surface area (Å²) in [6.07, 6.45) is 9.81. The van der Waals surface area contributed by atoms with Gasteiger partial charge in [-0.3, -0.25) is 0 Å². The fraction of sp³-hybridized carbons (Fsp3) is 1.00. The van der Waals surface area contributed by atoms with Crippen LogP contribution in [0.3, 0.4) is 0 Å². The average Bonchev–Trinajstić information content (AvgIpc) is 2.89. The van der Waals surface area contributed by atoms with Crippen molar-refractivity contribution in [2.45, 2.75) is 56.2 Å². The minimum atomic E-state index is -3.03. The first-order chi connectivity index (χ1) is 9.45. The number of rotatable bonds is 6. The Morgan fingerprint density at radius 3 is 2.60 bits per heavy atom. The second kappa shape index (κ2) is 7.47. The highest BCUT2D eigenvalue weighted by molar-refractivity contribution is 7.99. The number of hydrogen-bond acceptors (Lipinski definition) is 4. The molecule has 1 saturated carbocycles. The molecule has 4 nitrogen and oxygen atoms in total. The Morgan fingerprint density at radius 1 is 1.25 bits per heavy atom. The number of hydrogen-bond donors (Lipinski definition) is 1. The number of piperidine rings is 1. The summed E-state index contributed by atoms with van der Waals surface area (Å²) in [6.45, 7) is 1.35. The molecule has 2 atom stereocenters. The van der Waals surface area contributed by atoms with E-state index in [2.05, 4.69) is 0 Å². The minimum absolute atomic E-state index is 0.213. The van der Waals surface area contributed by atoms with E-state index in [9.17, 15) is 8.42 Å². The van der Waals surface area contributed by atoms with Crippen molar-refractivity contribution in [3.8, 4) is 0 Å². The second-order valence-electron chi connectivity index (χ2n) is 6.36. The van der Waals surface area contributed by atoms with Crippen molar-refractivity contribution in [2.24, 2.45) is 11.7 Å². The van der Waals surface area contributed by atoms with Gasteiger partial charge in [0.05, 0.1) is 6.26 Å². The van der Waals surface area contributed by atoms with Crippen LogP contribution in [0.25, 0.3) is 0 Å². The van der Waals surface area contributed by atoms with E-state index in [1.54, 1.807) is 4.31 Å². The summed E-state index contributed by atoms with van der Waals surface area (Å²) < 4.78 is 24.8. The number of thioether (sulfide) groups is 1. The Morgan fingerprint density at radius 2 is 1.95 bits per heavy atom. The van der Waals surface area contributed by atoms with Gasteiger partial charge in [0.1, 0.15) is 0 Å². The van der Waals surface area contributed by atoms with E-state index in [0.29, 0.717) is 19.0 Å². The van der Waals surface area contributed by atoms with Crippen LogP contribution in [0.4, 0.5) is 0 Å². The van der Waals surface area contributed by atoms with Gasteiger partial charge in [0.25, 0.3) is 0 Å². The van der Waals surface area contributed by atoms with Crippen molar-refractivity contribution in [1.29, 1.82) is 0 Å². The summed E-state index contributed by atoms with van der Waals surface area (Å²) in [6, 6.07) is 0.213. The zero-order chi connectivity index (χ0) is 14.6. The SMILES string of the molecule is CS(=O)(=O)N1CCCC(CC(N)CSC2CCCC2)C1. The van der Waals surface area contributed by atoms with E-state index in [1.807, 2.05) is 11.8 Å². The van der Waals surface area contributed by atoms with E-state index in [0.717, 1.165) is 30.3 Å². The standard InChI is InChI=1S/C14H28N2O2S2/c1-20(17,18)16-8-4-5-12(10-16)9-13(15)11-19-14-6-2-3-7-14/h12-14H,2-11,15H2,1H3. The molecule has 0 aromatic heterocycles. The summed E-state index contributed by atoms with van der Waals surface area (Å²) in [4.78, 5) is 0. The van der Waals surface area contributed by atoms with Crippen LogP contribution in [0.5, 0.6) is 0 Å². The van der Waals surface area contributed by atoms with Crippen molar-refractivity contribution >= 4 is 21.8 Å². The highest BCUT2D eigenvalue weighted by atomic mass is 32.2. The molecule has 2 N–H and O–H groups in total. The van der Waals surface area contributed by atoms with E-state index in [1.165, 1.54) is 31.9 Å². The normalized spacial score (nSPS) is 27.8. The first-order valence-corrected chi connectivity index (χ1v) is 10.7. The fourth-order valence-electron chi connectivity index (χ4n) is 3.33. The molecule has 0 bridgehead atoms. The Labute approximate surface area is 127 Å². The number of sulfonamides is 1. The molecule has 1 heterocycles. The molecule has 20 heavy (non-hydrogen) atoms. The van der Waals surface area contributed by atoms with Crippen LogP contribution in [-0.4, -0.2) is 49.1 Å². The largest absolute Gasteiger partial charge is 0.327 e. The molecule has 0 radical (unpaired) electrons. The van der Waals surface area contributed by atoms with E-state index in [4.69, 9.17) is 5.73 Å². The third-order valence-corrected chi connectivity index (χ3v) is 7.27. The lowest BCUT2D eigenvalue weighted by atomic mass is 9.93. The first kappa shape index (κ1) is 16.6. The molecule has 2 fully saturated rings. The zero-order valence-corrected chi connectivity index (χ0v) is 14.1. The van der Waals surface area contributed by atoms with Gasteiger partial charge in [-0.25, -0.2) is 12.7 Å². The highest BCUT2D eigenvalue weighted by Crippen LogP contribution is 2.30. The van der Waals surface area contributed by atoms with Crippen molar-refractivity contribution < 1.29 is 8.42 Å². The van der Waals surface area contributed by atoms with Crippen LogP contribution in [0.2, 0.25) is 0 Å². The van der Waals surface area contributed by atoms with Crippen LogP contribution in [0.1, 0.15) is 44.9 Å². The van der Waals surface area contributed by atoms with Crippen molar-refractivity contribution in [2.75, 3.05) is 25.1 Å². The molecule has 1 aliphatic heterocycles. The van der Waals surface area contributed by atoms with Crippen LogP contribution < -0.4 is 5.73 Å². The van der Waals surface area contributed by atoms with E-state index < -0.39 is 10.0 Å². The molecular formula is C14H28N2O2S2. The topological polar surface area (TPSA) is 63.4 Å². The van der Waals surface area contributed by atoms with Gasteiger partial charge in [-0.1, -0.05) is 12.8 Å². The summed E-state index contributed by atoms with van der Waals surface area (Å²) in [5.74, 6) is 1.47. The van der Waals surface area contributed by atoms with E-state index >= 15 is 0 Å². The van der Waals surface area contributed by atoms with Gasteiger partial charge in [-0.05, 0) is 38.0 Å². The van der Waals surface area contributed by atoms with E-state index in [-0.39, 0.29) is 6.04 Å². The van der Waals surface area contributed by atoms with Crippen LogP contribution in [0, 0.1) is 5.92 Å². The lowest BCUT2D eigenvalue weighted by molar-refractivity contribution is 0.250. The molecular weight excluding hydrogens is 292 g/mol. The predicted octanol–water partition coefficient (Wildman–Crippen LogP) is 2.05. The summed E-state index contributed by atoms with van der Waals surface area (Å²) in [5, 5.41) is 0.819. The molecule has 2 unspecified atom stereocenters. The smallest absolute Gasteiger partial charge is 0.211 e. The van der Waals surface area contributed by atoms with Crippen molar-refractivity contribution in [3.63, 3.8) is 0 Å². The Bertz CT molecular complexity index is 394. The van der Waals surface area contributed by atoms with Crippen molar-refractivity contribution in [3.05, 3.63) is 0 Å². The summed E-state index contributed by atoms with van der Waals surface area (Å²) in [7, 11) is -3.03. The molecule has 1 aliphatic carbocycles. The molecule has 0 aromatic rings. The Kier molecular flexibility index (Phi) is 6.20. The maximum absolute atomic E-state index is 11.6. The third-order valence-electron chi connectivity index (χ3n) is 4.44. The van der Waals surface area contributed by atoms with Gasteiger partial charge in [-0.2, -0.15) is 11.8 Å². The van der Waals surface area contributed by atoms with Gasteiger partial charge in [0.15, 0.2) is 0 Å². The first-order valence-electron chi connectivity index (χ1n) is 7.77. The summed E-state index contributed by atoms with van der Waals surface area (Å²) in [5.41, 5.74) is 6.25. The predicted molar refractivity (Wildman–Crippen MR) is 86.4 cm³/mol. The quantitative estimate of drug-likeness (QED) is 0.813. The minimum Gasteiger partial charge on any atom is -0.327 e. The lowest BCUT2D eigenvalue weighted by Gasteiger charge is -2.32. The molecule has 1 saturated heterocycles. The number of nitrogens with two attached hydrogens (primary N) is 1. The lowest BCUT2D eigenvalue weighted by Crippen LogP contribution is -2.41. The Hall–Kier alpha value is 0.220. The van der Waals surface area contributed by atoms with Crippen LogP contribution >= 0.6 is 11.8 Å². The molecule has 0 aromatic carbocycles. The Balaban J connectivity index is 1.71. The van der Waals surface area contributed by atoms with Gasteiger partial charge < -0.3 is 5.73 Å². The van der Waals surface area contributed by atoms with Gasteiger partial charge in [-0.15, -0.1) is 0 Å². The average molecular weight is 321 g/mol. The van der Waals surface area contributed by atoms with Crippen LogP contribution in [0.15, 0.2) is 0 Å². The van der Waals surface area contributed by atoms with Crippen molar-refractivity contribution in [1.82, 2.24) is 4.31 Å². The molecule has 6 heteroatoms. The maximum atomic E-state index is 11.6. The molecule has 0 spiro atoms. The zero-order valence-electron chi connectivity index (χ0n) is 12.5. The maximum Gasteiger partial charge on any atom is 0.211 e.